The summed E-state index contributed by atoms with van der Waals surface area (Å²) >= 11 is 1.61. The number of anilines is 1. The van der Waals surface area contributed by atoms with Crippen LogP contribution in [-0.4, -0.2) is 38.6 Å². The van der Waals surface area contributed by atoms with Gasteiger partial charge >= 0.3 is 6.09 Å². The van der Waals surface area contributed by atoms with Crippen molar-refractivity contribution in [2.75, 3.05) is 11.8 Å². The lowest BCUT2D eigenvalue weighted by molar-refractivity contribution is -0.123. The normalized spacial score (nSPS) is 14.1. The Morgan fingerprint density at radius 2 is 1.72 bits per heavy atom. The zero-order valence-electron chi connectivity index (χ0n) is 19.7. The van der Waals surface area contributed by atoms with E-state index in [0.29, 0.717) is 18.5 Å². The van der Waals surface area contributed by atoms with Crippen molar-refractivity contribution in [2.45, 2.75) is 44.2 Å². The number of nitrogens with zero attached hydrogens (tertiary/aromatic N) is 1. The molecule has 2 amide bonds. The van der Waals surface area contributed by atoms with Gasteiger partial charge in [-0.15, -0.1) is 11.3 Å². The van der Waals surface area contributed by atoms with E-state index in [0.717, 1.165) is 41.1 Å². The SMILES string of the molecule is COC(=O)N[C@@H](Cc1ccccc1)C(=O)N[C@@H](Cc1ccc(N[SH](=O)=O)cc1)c1nc2c(s1)CCC2. The van der Waals surface area contributed by atoms with Crippen LogP contribution in [-0.2, 0) is 46.1 Å². The Hall–Kier alpha value is -3.44. The van der Waals surface area contributed by atoms with Crippen molar-refractivity contribution < 1.29 is 22.7 Å². The highest BCUT2D eigenvalue weighted by Gasteiger charge is 2.28. The van der Waals surface area contributed by atoms with Crippen LogP contribution in [0.15, 0.2) is 54.6 Å². The molecule has 4 rings (SSSR count). The summed E-state index contributed by atoms with van der Waals surface area (Å²) in [5.74, 6) is -0.341. The van der Waals surface area contributed by atoms with Gasteiger partial charge in [-0.05, 0) is 48.9 Å². The molecule has 2 atom stereocenters. The van der Waals surface area contributed by atoms with Gasteiger partial charge in [-0.25, -0.2) is 18.2 Å². The van der Waals surface area contributed by atoms with Gasteiger partial charge < -0.3 is 15.4 Å². The molecule has 0 unspecified atom stereocenters. The highest BCUT2D eigenvalue weighted by Crippen LogP contribution is 2.32. The van der Waals surface area contributed by atoms with Crippen LogP contribution < -0.4 is 15.4 Å². The molecule has 0 spiro atoms. The Kier molecular flexibility index (Phi) is 8.55. The predicted octanol–water partition coefficient (Wildman–Crippen LogP) is 2.94. The first-order valence-corrected chi connectivity index (χ1v) is 13.6. The molecular weight excluding hydrogens is 500 g/mol. The van der Waals surface area contributed by atoms with Crippen molar-refractivity contribution in [2.24, 2.45) is 0 Å². The summed E-state index contributed by atoms with van der Waals surface area (Å²) in [7, 11) is -1.49. The summed E-state index contributed by atoms with van der Waals surface area (Å²) in [6.45, 7) is 0. The van der Waals surface area contributed by atoms with Crippen LogP contribution in [0.4, 0.5) is 10.5 Å². The Morgan fingerprint density at radius 1 is 1.00 bits per heavy atom. The highest BCUT2D eigenvalue weighted by atomic mass is 32.2. The van der Waals surface area contributed by atoms with E-state index in [1.165, 1.54) is 12.0 Å². The summed E-state index contributed by atoms with van der Waals surface area (Å²) < 4.78 is 29.0. The number of fused-ring (bicyclic) bond motifs is 1. The molecule has 1 aromatic heterocycles. The molecule has 3 aromatic rings. The topological polar surface area (TPSA) is 126 Å². The summed E-state index contributed by atoms with van der Waals surface area (Å²) in [5.41, 5.74) is 3.36. The average molecular weight is 529 g/mol. The molecule has 11 heteroatoms. The number of rotatable bonds is 10. The van der Waals surface area contributed by atoms with Crippen molar-refractivity contribution >= 4 is 39.9 Å². The van der Waals surface area contributed by atoms with Crippen LogP contribution in [0.2, 0.25) is 0 Å². The van der Waals surface area contributed by atoms with Crippen molar-refractivity contribution in [3.63, 3.8) is 0 Å². The van der Waals surface area contributed by atoms with Crippen LogP contribution in [0.25, 0.3) is 0 Å². The quantitative estimate of drug-likeness (QED) is 0.300. The molecule has 0 saturated heterocycles. The minimum Gasteiger partial charge on any atom is -0.453 e. The van der Waals surface area contributed by atoms with Gasteiger partial charge in [-0.2, -0.15) is 0 Å². The maximum absolute atomic E-state index is 13.4. The second-order valence-electron chi connectivity index (χ2n) is 8.48. The van der Waals surface area contributed by atoms with E-state index in [1.54, 1.807) is 23.5 Å². The summed E-state index contributed by atoms with van der Waals surface area (Å²) in [6.07, 6.45) is 3.08. The largest absolute Gasteiger partial charge is 0.453 e. The van der Waals surface area contributed by atoms with Gasteiger partial charge in [-0.1, -0.05) is 42.5 Å². The third-order valence-corrected chi connectivity index (χ3v) is 7.63. The molecule has 2 aromatic carbocycles. The molecule has 0 saturated carbocycles. The number of hydrogen-bond acceptors (Lipinski definition) is 7. The smallest absolute Gasteiger partial charge is 0.407 e. The van der Waals surface area contributed by atoms with E-state index in [2.05, 4.69) is 15.4 Å². The van der Waals surface area contributed by atoms with Crippen LogP contribution >= 0.6 is 11.3 Å². The zero-order valence-corrected chi connectivity index (χ0v) is 21.4. The Bertz CT molecular complexity index is 1250. The van der Waals surface area contributed by atoms with Crippen molar-refractivity contribution in [3.05, 3.63) is 81.3 Å². The first-order chi connectivity index (χ1) is 17.4. The minimum atomic E-state index is -2.75. The number of nitrogens with one attached hydrogen (secondary N) is 3. The van der Waals surface area contributed by atoms with E-state index in [9.17, 15) is 18.0 Å². The van der Waals surface area contributed by atoms with E-state index >= 15 is 0 Å². The molecule has 1 aliphatic rings. The molecule has 1 aliphatic carbocycles. The molecule has 0 aliphatic heterocycles. The van der Waals surface area contributed by atoms with E-state index < -0.39 is 29.1 Å². The first-order valence-electron chi connectivity index (χ1n) is 11.6. The van der Waals surface area contributed by atoms with Gasteiger partial charge in [0.05, 0.1) is 18.8 Å². The molecule has 0 radical (unpaired) electrons. The molecule has 36 heavy (non-hydrogen) atoms. The zero-order chi connectivity index (χ0) is 25.5. The van der Waals surface area contributed by atoms with E-state index in [4.69, 9.17) is 9.72 Å². The second kappa shape index (κ2) is 12.0. The fraction of sp³-hybridized carbons (Fsp3) is 0.320. The van der Waals surface area contributed by atoms with Crippen molar-refractivity contribution in [1.82, 2.24) is 15.6 Å². The number of aromatic nitrogens is 1. The molecule has 0 fully saturated rings. The molecule has 3 N–H and O–H groups in total. The van der Waals surface area contributed by atoms with Crippen molar-refractivity contribution in [1.29, 1.82) is 0 Å². The number of methoxy groups -OCH3 is 1. The number of amides is 2. The number of alkyl carbamates (subject to hydrolysis) is 1. The lowest BCUT2D eigenvalue weighted by atomic mass is 10.0. The minimum absolute atomic E-state index is 0.302. The predicted molar refractivity (Wildman–Crippen MR) is 139 cm³/mol. The number of carbonyl (C=O) groups excluding carboxylic acids is 2. The van der Waals surface area contributed by atoms with Crippen LogP contribution in [0.1, 0.15) is 39.2 Å². The maximum atomic E-state index is 13.4. The Balaban J connectivity index is 1.56. The van der Waals surface area contributed by atoms with Crippen LogP contribution in [0.3, 0.4) is 0 Å². The molecule has 1 heterocycles. The average Bonchev–Trinajstić information content (AvgIpc) is 3.47. The third kappa shape index (κ3) is 6.82. The van der Waals surface area contributed by atoms with E-state index in [1.807, 2.05) is 42.5 Å². The Labute approximate surface area is 215 Å². The van der Waals surface area contributed by atoms with Gasteiger partial charge in [0.2, 0.25) is 16.8 Å². The van der Waals surface area contributed by atoms with Gasteiger partial charge in [0.1, 0.15) is 11.0 Å². The lowest BCUT2D eigenvalue weighted by Gasteiger charge is -2.22. The van der Waals surface area contributed by atoms with Gasteiger partial charge in [0, 0.05) is 17.0 Å². The second-order valence-corrected chi connectivity index (χ2v) is 10.3. The number of ether oxygens (including phenoxy) is 1. The number of hydrogen-bond donors (Lipinski definition) is 4. The maximum Gasteiger partial charge on any atom is 0.407 e. The number of thiol groups is 1. The molecular formula is C25H28N4O5S2. The Morgan fingerprint density at radius 3 is 2.39 bits per heavy atom. The summed E-state index contributed by atoms with van der Waals surface area (Å²) in [6, 6.07) is 15.2. The fourth-order valence-corrected chi connectivity index (χ4v) is 5.71. The third-order valence-electron chi connectivity index (χ3n) is 5.92. The van der Waals surface area contributed by atoms with Crippen LogP contribution in [0, 0.1) is 0 Å². The standard InChI is InChI=1S/C25H28N4O5S2/c1-34-25(31)28-20(14-16-6-3-2-4-7-16)23(30)26-21(24-27-19-8-5-9-22(19)35-24)15-17-10-12-18(13-11-17)29-36(32)33/h2-4,6-7,10-13,20-21,36H,5,8-9,14-15H2,1H3,(H,26,30)(H,28,31)(H,29,32,33)/t20-,21-/m0/s1. The number of aryl methyl sites for hydroxylation is 2. The van der Waals surface area contributed by atoms with E-state index in [-0.39, 0.29) is 5.91 Å². The summed E-state index contributed by atoms with van der Waals surface area (Å²) in [5, 5.41) is 6.55. The molecule has 0 bridgehead atoms. The molecule has 9 nitrogen and oxygen atoms in total. The van der Waals surface area contributed by atoms with Crippen molar-refractivity contribution in [3.8, 4) is 0 Å². The van der Waals surface area contributed by atoms with Gasteiger partial charge in [-0.3, -0.25) is 9.52 Å². The monoisotopic (exact) mass is 528 g/mol. The van der Waals surface area contributed by atoms with Gasteiger partial charge in [0.25, 0.3) is 0 Å². The first kappa shape index (κ1) is 25.6. The summed E-state index contributed by atoms with van der Waals surface area (Å²) in [4.78, 5) is 31.5. The van der Waals surface area contributed by atoms with Crippen LogP contribution in [0.5, 0.6) is 0 Å². The fourth-order valence-electron chi connectivity index (χ4n) is 4.15. The number of benzene rings is 2. The number of thiazole rings is 1. The van der Waals surface area contributed by atoms with Gasteiger partial charge in [0.15, 0.2) is 0 Å². The number of carbonyl (C=O) groups is 2. The molecule has 190 valence electrons. The highest BCUT2D eigenvalue weighted by molar-refractivity contribution is 7.73. The lowest BCUT2D eigenvalue weighted by Crippen LogP contribution is -2.49.